The number of nitrogens with two attached hydrogens (primary N) is 1. The minimum Gasteiger partial charge on any atom is -0.396 e. The summed E-state index contributed by atoms with van der Waals surface area (Å²) >= 11 is 7.00. The van der Waals surface area contributed by atoms with Gasteiger partial charge in [0.15, 0.2) is 5.16 Å². The molecule has 19 heavy (non-hydrogen) atoms. The Bertz CT molecular complexity index is 644. The number of aromatic amines is 1. The van der Waals surface area contributed by atoms with Gasteiger partial charge in [-0.3, -0.25) is 4.79 Å². The SMILES string of the molecule is CCCc1cc(=O)[nH]c(Sc2ncc(Cl)cc2N)n1. The summed E-state index contributed by atoms with van der Waals surface area (Å²) in [6.45, 7) is 2.04. The summed E-state index contributed by atoms with van der Waals surface area (Å²) in [5, 5.41) is 1.53. The van der Waals surface area contributed by atoms with E-state index in [2.05, 4.69) is 15.0 Å². The molecule has 2 heterocycles. The second kappa shape index (κ2) is 6.08. The third-order valence-corrected chi connectivity index (χ3v) is 3.45. The predicted octanol–water partition coefficient (Wildman–Crippen LogP) is 2.50. The van der Waals surface area contributed by atoms with Gasteiger partial charge in [-0.15, -0.1) is 0 Å². The molecule has 0 radical (unpaired) electrons. The van der Waals surface area contributed by atoms with Crippen molar-refractivity contribution >= 4 is 29.1 Å². The van der Waals surface area contributed by atoms with E-state index < -0.39 is 0 Å². The van der Waals surface area contributed by atoms with Crippen LogP contribution in [0.2, 0.25) is 5.02 Å². The Morgan fingerprint density at radius 3 is 2.95 bits per heavy atom. The van der Waals surface area contributed by atoms with Gasteiger partial charge in [-0.05, 0) is 24.2 Å². The second-order valence-electron chi connectivity index (χ2n) is 3.94. The first-order valence-electron chi connectivity index (χ1n) is 5.77. The van der Waals surface area contributed by atoms with Crippen LogP contribution in [0.5, 0.6) is 0 Å². The molecule has 3 N–H and O–H groups in total. The zero-order chi connectivity index (χ0) is 13.8. The molecule has 100 valence electrons. The lowest BCUT2D eigenvalue weighted by Gasteiger charge is -2.05. The van der Waals surface area contributed by atoms with Gasteiger partial charge in [-0.2, -0.15) is 0 Å². The number of nitrogens with one attached hydrogen (secondary N) is 1. The van der Waals surface area contributed by atoms with Crippen LogP contribution in [0, 0.1) is 0 Å². The van der Waals surface area contributed by atoms with E-state index in [0.29, 0.717) is 20.9 Å². The fourth-order valence-corrected chi connectivity index (χ4v) is 2.48. The van der Waals surface area contributed by atoms with E-state index in [1.165, 1.54) is 24.0 Å². The first-order chi connectivity index (χ1) is 9.08. The largest absolute Gasteiger partial charge is 0.396 e. The Balaban J connectivity index is 2.30. The molecule has 0 aliphatic carbocycles. The summed E-state index contributed by atoms with van der Waals surface area (Å²) in [6.07, 6.45) is 3.21. The van der Waals surface area contributed by atoms with Crippen molar-refractivity contribution < 1.29 is 0 Å². The van der Waals surface area contributed by atoms with Crippen LogP contribution in [0.25, 0.3) is 0 Å². The summed E-state index contributed by atoms with van der Waals surface area (Å²) < 4.78 is 0. The molecule has 2 aromatic heterocycles. The van der Waals surface area contributed by atoms with Crippen molar-refractivity contribution in [3.63, 3.8) is 0 Å². The summed E-state index contributed by atoms with van der Waals surface area (Å²) in [7, 11) is 0. The smallest absolute Gasteiger partial charge is 0.251 e. The van der Waals surface area contributed by atoms with Crippen LogP contribution in [-0.4, -0.2) is 15.0 Å². The fourth-order valence-electron chi connectivity index (χ4n) is 1.54. The monoisotopic (exact) mass is 296 g/mol. The van der Waals surface area contributed by atoms with Crippen molar-refractivity contribution in [3.8, 4) is 0 Å². The van der Waals surface area contributed by atoms with Crippen LogP contribution in [0.15, 0.2) is 33.3 Å². The van der Waals surface area contributed by atoms with Gasteiger partial charge in [0.2, 0.25) is 0 Å². The van der Waals surface area contributed by atoms with Crippen molar-refractivity contribution in [3.05, 3.63) is 39.4 Å². The lowest BCUT2D eigenvalue weighted by Crippen LogP contribution is -2.10. The Morgan fingerprint density at radius 1 is 1.47 bits per heavy atom. The van der Waals surface area contributed by atoms with E-state index in [-0.39, 0.29) is 5.56 Å². The average Bonchev–Trinajstić information content (AvgIpc) is 2.32. The number of aromatic nitrogens is 3. The highest BCUT2D eigenvalue weighted by atomic mass is 35.5. The Labute approximate surface area is 119 Å². The molecule has 2 aromatic rings. The van der Waals surface area contributed by atoms with Gasteiger partial charge in [0.25, 0.3) is 5.56 Å². The van der Waals surface area contributed by atoms with E-state index in [0.717, 1.165) is 18.5 Å². The highest BCUT2D eigenvalue weighted by Crippen LogP contribution is 2.28. The van der Waals surface area contributed by atoms with E-state index in [1.54, 1.807) is 6.07 Å². The molecule has 0 fully saturated rings. The molecule has 0 saturated heterocycles. The molecular formula is C12H13ClN4OS. The summed E-state index contributed by atoms with van der Waals surface area (Å²) in [6, 6.07) is 3.12. The van der Waals surface area contributed by atoms with Gasteiger partial charge in [0.05, 0.1) is 10.7 Å². The van der Waals surface area contributed by atoms with Crippen molar-refractivity contribution in [2.75, 3.05) is 5.73 Å². The van der Waals surface area contributed by atoms with Gasteiger partial charge < -0.3 is 10.7 Å². The summed E-state index contributed by atoms with van der Waals surface area (Å²) in [5.41, 5.74) is 6.87. The third-order valence-electron chi connectivity index (χ3n) is 2.32. The second-order valence-corrected chi connectivity index (χ2v) is 5.36. The number of aryl methyl sites for hydroxylation is 1. The molecule has 0 unspecified atom stereocenters. The highest BCUT2D eigenvalue weighted by Gasteiger charge is 2.08. The lowest BCUT2D eigenvalue weighted by molar-refractivity contribution is 0.815. The topological polar surface area (TPSA) is 84.7 Å². The van der Waals surface area contributed by atoms with Gasteiger partial charge in [-0.25, -0.2) is 9.97 Å². The maximum absolute atomic E-state index is 11.5. The van der Waals surface area contributed by atoms with Gasteiger partial charge in [0, 0.05) is 18.0 Å². The van der Waals surface area contributed by atoms with Crippen LogP contribution in [0.1, 0.15) is 19.0 Å². The molecule has 0 aromatic carbocycles. The van der Waals surface area contributed by atoms with Gasteiger partial charge in [0.1, 0.15) is 5.03 Å². The third kappa shape index (κ3) is 3.71. The van der Waals surface area contributed by atoms with Crippen molar-refractivity contribution in [1.82, 2.24) is 15.0 Å². The molecule has 2 rings (SSSR count). The maximum atomic E-state index is 11.5. The van der Waals surface area contributed by atoms with Crippen molar-refractivity contribution in [2.45, 2.75) is 29.9 Å². The zero-order valence-electron chi connectivity index (χ0n) is 10.3. The average molecular weight is 297 g/mol. The van der Waals surface area contributed by atoms with Crippen LogP contribution < -0.4 is 11.3 Å². The van der Waals surface area contributed by atoms with Gasteiger partial charge >= 0.3 is 0 Å². The van der Waals surface area contributed by atoms with Crippen LogP contribution >= 0.6 is 23.4 Å². The van der Waals surface area contributed by atoms with Gasteiger partial charge in [-0.1, -0.05) is 24.9 Å². The molecule has 0 aliphatic rings. The minimum absolute atomic E-state index is 0.173. The van der Waals surface area contributed by atoms with E-state index in [9.17, 15) is 4.79 Å². The van der Waals surface area contributed by atoms with Crippen molar-refractivity contribution in [2.24, 2.45) is 0 Å². The van der Waals surface area contributed by atoms with Crippen molar-refractivity contribution in [1.29, 1.82) is 0 Å². The fraction of sp³-hybridized carbons (Fsp3) is 0.250. The maximum Gasteiger partial charge on any atom is 0.251 e. The molecule has 0 bridgehead atoms. The molecule has 0 aliphatic heterocycles. The first kappa shape index (κ1) is 13.9. The first-order valence-corrected chi connectivity index (χ1v) is 6.97. The summed E-state index contributed by atoms with van der Waals surface area (Å²) in [5.74, 6) is 0. The Kier molecular flexibility index (Phi) is 4.44. The number of pyridine rings is 1. The standard InChI is InChI=1S/C12H13ClN4OS/c1-2-3-8-5-10(18)17-12(16-8)19-11-9(14)4-7(13)6-15-11/h4-6H,2-3,14H2,1H3,(H,16,17,18). The Hall–Kier alpha value is -1.53. The summed E-state index contributed by atoms with van der Waals surface area (Å²) in [4.78, 5) is 22.7. The molecular weight excluding hydrogens is 284 g/mol. The zero-order valence-corrected chi connectivity index (χ0v) is 11.9. The van der Waals surface area contributed by atoms with E-state index in [1.807, 2.05) is 6.92 Å². The molecule has 0 spiro atoms. The molecule has 0 atom stereocenters. The normalized spacial score (nSPS) is 10.6. The lowest BCUT2D eigenvalue weighted by atomic mass is 10.2. The number of hydrogen-bond acceptors (Lipinski definition) is 5. The van der Waals surface area contributed by atoms with E-state index in [4.69, 9.17) is 17.3 Å². The Morgan fingerprint density at radius 2 is 2.26 bits per heavy atom. The van der Waals surface area contributed by atoms with Crippen LogP contribution in [0.4, 0.5) is 5.69 Å². The van der Waals surface area contributed by atoms with Crippen LogP contribution in [-0.2, 0) is 6.42 Å². The van der Waals surface area contributed by atoms with E-state index >= 15 is 0 Å². The number of nitrogens with zero attached hydrogens (tertiary/aromatic N) is 2. The van der Waals surface area contributed by atoms with Crippen LogP contribution in [0.3, 0.4) is 0 Å². The molecule has 0 amide bonds. The molecule has 7 heteroatoms. The quantitative estimate of drug-likeness (QED) is 0.847. The number of H-pyrrole nitrogens is 1. The predicted molar refractivity (Wildman–Crippen MR) is 76.6 cm³/mol. The number of anilines is 1. The minimum atomic E-state index is -0.173. The molecule has 0 saturated carbocycles. The number of halogens is 1. The number of hydrogen-bond donors (Lipinski definition) is 2. The number of nitrogen functional groups attached to an aromatic ring is 1. The molecule has 5 nitrogen and oxygen atoms in total. The number of rotatable bonds is 4. The highest BCUT2D eigenvalue weighted by molar-refractivity contribution is 7.99.